The van der Waals surface area contributed by atoms with Crippen LogP contribution in [0.5, 0.6) is 0 Å². The van der Waals surface area contributed by atoms with Gasteiger partial charge >= 0.3 is 5.97 Å². The molecular weight excluding hydrogens is 166 g/mol. The van der Waals surface area contributed by atoms with Crippen LogP contribution in [0, 0.1) is 6.07 Å². The first kappa shape index (κ1) is 9.58. The van der Waals surface area contributed by atoms with Crippen molar-refractivity contribution in [1.29, 1.82) is 0 Å². The van der Waals surface area contributed by atoms with Crippen molar-refractivity contribution in [2.24, 2.45) is 0 Å². The van der Waals surface area contributed by atoms with Gasteiger partial charge < -0.3 is 9.64 Å². The zero-order chi connectivity index (χ0) is 9.84. The molecule has 0 bridgehead atoms. The number of methoxy groups -OCH3 is 1. The van der Waals surface area contributed by atoms with Crippen LogP contribution in [0.15, 0.2) is 18.2 Å². The molecule has 0 aliphatic heterocycles. The second-order valence-electron chi connectivity index (χ2n) is 2.82. The third-order valence-electron chi connectivity index (χ3n) is 1.69. The molecule has 0 heterocycles. The second-order valence-corrected chi connectivity index (χ2v) is 2.82. The Morgan fingerprint density at radius 1 is 1.54 bits per heavy atom. The Bertz CT molecular complexity index is 308. The third-order valence-corrected chi connectivity index (χ3v) is 1.69. The number of carbonyl (C=O) groups excluding carboxylic acids is 1. The fourth-order valence-corrected chi connectivity index (χ4v) is 1.07. The van der Waals surface area contributed by atoms with E-state index >= 15 is 0 Å². The largest absolute Gasteiger partial charge is 0.465 e. The Morgan fingerprint density at radius 2 is 2.23 bits per heavy atom. The van der Waals surface area contributed by atoms with Gasteiger partial charge in [-0.1, -0.05) is 12.1 Å². The number of hydrogen-bond acceptors (Lipinski definition) is 3. The molecule has 0 saturated heterocycles. The first-order valence-corrected chi connectivity index (χ1v) is 3.93. The van der Waals surface area contributed by atoms with Gasteiger partial charge in [-0.25, -0.2) is 4.79 Å². The van der Waals surface area contributed by atoms with Crippen molar-refractivity contribution in [3.05, 3.63) is 29.8 Å². The molecule has 0 amide bonds. The molecule has 0 unspecified atom stereocenters. The van der Waals surface area contributed by atoms with Crippen molar-refractivity contribution in [1.82, 2.24) is 0 Å². The zero-order valence-electron chi connectivity index (χ0n) is 8.00. The summed E-state index contributed by atoms with van der Waals surface area (Å²) in [7, 11) is 5.09. The Hall–Kier alpha value is -1.51. The second kappa shape index (κ2) is 3.94. The predicted octanol–water partition coefficient (Wildman–Crippen LogP) is 1.34. The van der Waals surface area contributed by atoms with Gasteiger partial charge in [0.1, 0.15) is 0 Å². The lowest BCUT2D eigenvalue weighted by atomic mass is 10.1. The summed E-state index contributed by atoms with van der Waals surface area (Å²) in [6.45, 7) is 0. The maximum atomic E-state index is 11.3. The minimum Gasteiger partial charge on any atom is -0.465 e. The zero-order valence-corrected chi connectivity index (χ0v) is 8.00. The normalized spacial score (nSPS) is 9.46. The van der Waals surface area contributed by atoms with Crippen molar-refractivity contribution >= 4 is 11.7 Å². The maximum absolute atomic E-state index is 11.3. The topological polar surface area (TPSA) is 29.5 Å². The van der Waals surface area contributed by atoms with Crippen molar-refractivity contribution < 1.29 is 9.53 Å². The number of nitrogens with zero attached hydrogens (tertiary/aromatic N) is 1. The summed E-state index contributed by atoms with van der Waals surface area (Å²) in [5, 5.41) is 0. The number of benzene rings is 1. The lowest BCUT2D eigenvalue weighted by Crippen LogP contribution is -2.14. The molecule has 0 fully saturated rings. The molecule has 0 aliphatic carbocycles. The molecule has 3 nitrogen and oxygen atoms in total. The molecule has 0 N–H and O–H groups in total. The maximum Gasteiger partial charge on any atom is 0.339 e. The number of hydrogen-bond donors (Lipinski definition) is 0. The van der Waals surface area contributed by atoms with Gasteiger partial charge in [-0.2, -0.15) is 0 Å². The highest BCUT2D eigenvalue weighted by molar-refractivity contribution is 5.95. The van der Waals surface area contributed by atoms with Crippen LogP contribution < -0.4 is 4.90 Å². The molecule has 1 aromatic carbocycles. The molecule has 13 heavy (non-hydrogen) atoms. The molecule has 0 aliphatic rings. The highest BCUT2D eigenvalue weighted by Crippen LogP contribution is 2.17. The highest BCUT2D eigenvalue weighted by Gasteiger charge is 2.11. The van der Waals surface area contributed by atoms with Gasteiger partial charge in [0.05, 0.1) is 18.4 Å². The van der Waals surface area contributed by atoms with E-state index in [0.29, 0.717) is 5.56 Å². The van der Waals surface area contributed by atoms with E-state index in [0.717, 1.165) is 5.69 Å². The summed E-state index contributed by atoms with van der Waals surface area (Å²) in [6.07, 6.45) is 0. The molecule has 1 rings (SSSR count). The van der Waals surface area contributed by atoms with Crippen LogP contribution in [-0.4, -0.2) is 27.2 Å². The number of para-hydroxylation sites is 1. The SMILES string of the molecule is COC(=O)c1ccc[c]c1N(C)C. The summed E-state index contributed by atoms with van der Waals surface area (Å²) in [5.74, 6) is -0.333. The van der Waals surface area contributed by atoms with E-state index in [9.17, 15) is 4.79 Å². The smallest absolute Gasteiger partial charge is 0.339 e. The Kier molecular flexibility index (Phi) is 2.90. The Labute approximate surface area is 77.9 Å². The summed E-state index contributed by atoms with van der Waals surface area (Å²) >= 11 is 0. The van der Waals surface area contributed by atoms with Gasteiger partial charge in [0, 0.05) is 20.2 Å². The van der Waals surface area contributed by atoms with E-state index < -0.39 is 0 Å². The van der Waals surface area contributed by atoms with Gasteiger partial charge in [0.15, 0.2) is 0 Å². The summed E-state index contributed by atoms with van der Waals surface area (Å²) < 4.78 is 4.64. The molecular formula is C10H12NO2. The Morgan fingerprint density at radius 3 is 2.77 bits per heavy atom. The van der Waals surface area contributed by atoms with Crippen LogP contribution in [0.3, 0.4) is 0 Å². The molecule has 0 saturated carbocycles. The standard InChI is InChI=1S/C10H12NO2/c1-11(2)9-7-5-4-6-8(9)10(12)13-3/h4-6H,1-3H3. The molecule has 69 valence electrons. The van der Waals surface area contributed by atoms with E-state index in [1.807, 2.05) is 19.0 Å². The lowest BCUT2D eigenvalue weighted by molar-refractivity contribution is 0.0601. The van der Waals surface area contributed by atoms with Gasteiger partial charge in [-0.05, 0) is 6.07 Å². The van der Waals surface area contributed by atoms with Crippen molar-refractivity contribution in [3.8, 4) is 0 Å². The average molecular weight is 178 g/mol. The number of ether oxygens (including phenoxy) is 1. The van der Waals surface area contributed by atoms with E-state index in [4.69, 9.17) is 0 Å². The molecule has 1 aromatic rings. The lowest BCUT2D eigenvalue weighted by Gasteiger charge is -2.14. The van der Waals surface area contributed by atoms with Gasteiger partial charge in [-0.3, -0.25) is 0 Å². The first-order valence-electron chi connectivity index (χ1n) is 3.93. The molecule has 0 atom stereocenters. The number of anilines is 1. The monoisotopic (exact) mass is 178 g/mol. The summed E-state index contributed by atoms with van der Waals surface area (Å²) in [4.78, 5) is 13.1. The van der Waals surface area contributed by atoms with Crippen LogP contribution in [0.25, 0.3) is 0 Å². The number of esters is 1. The fourth-order valence-electron chi connectivity index (χ4n) is 1.07. The minimum absolute atomic E-state index is 0.333. The quantitative estimate of drug-likeness (QED) is 0.640. The average Bonchev–Trinajstić information content (AvgIpc) is 2.16. The molecule has 3 heteroatoms. The van der Waals surface area contributed by atoms with Gasteiger partial charge in [0.25, 0.3) is 0 Å². The fraction of sp³-hybridized carbons (Fsp3) is 0.300. The van der Waals surface area contributed by atoms with E-state index in [1.54, 1.807) is 18.2 Å². The number of rotatable bonds is 2. The summed E-state index contributed by atoms with van der Waals surface area (Å²) in [6, 6.07) is 8.23. The Balaban J connectivity index is 3.12. The summed E-state index contributed by atoms with van der Waals surface area (Å²) in [5.41, 5.74) is 1.28. The van der Waals surface area contributed by atoms with E-state index in [2.05, 4.69) is 10.8 Å². The minimum atomic E-state index is -0.333. The predicted molar refractivity (Wildman–Crippen MR) is 50.9 cm³/mol. The molecule has 0 spiro atoms. The van der Waals surface area contributed by atoms with Gasteiger partial charge in [-0.15, -0.1) is 0 Å². The van der Waals surface area contributed by atoms with E-state index in [-0.39, 0.29) is 5.97 Å². The van der Waals surface area contributed by atoms with Crippen LogP contribution in [0.1, 0.15) is 10.4 Å². The first-order chi connectivity index (χ1) is 6.16. The van der Waals surface area contributed by atoms with Crippen LogP contribution >= 0.6 is 0 Å². The van der Waals surface area contributed by atoms with Crippen molar-refractivity contribution in [2.45, 2.75) is 0 Å². The van der Waals surface area contributed by atoms with E-state index in [1.165, 1.54) is 7.11 Å². The van der Waals surface area contributed by atoms with Crippen molar-refractivity contribution in [2.75, 3.05) is 26.1 Å². The van der Waals surface area contributed by atoms with Crippen LogP contribution in [0.2, 0.25) is 0 Å². The molecule has 1 radical (unpaired) electrons. The van der Waals surface area contributed by atoms with Gasteiger partial charge in [0.2, 0.25) is 0 Å². The third kappa shape index (κ3) is 1.99. The van der Waals surface area contributed by atoms with Crippen LogP contribution in [0.4, 0.5) is 5.69 Å². The van der Waals surface area contributed by atoms with Crippen molar-refractivity contribution in [3.63, 3.8) is 0 Å². The molecule has 0 aromatic heterocycles. The van der Waals surface area contributed by atoms with Crippen LogP contribution in [-0.2, 0) is 4.74 Å². The highest BCUT2D eigenvalue weighted by atomic mass is 16.5. The number of carbonyl (C=O) groups is 1.